The molecule has 2 aromatic heterocycles. The summed E-state index contributed by atoms with van der Waals surface area (Å²) in [5.74, 6) is 0.924. The first-order chi connectivity index (χ1) is 12.6. The van der Waals surface area contributed by atoms with E-state index in [-0.39, 0.29) is 36.3 Å². The van der Waals surface area contributed by atoms with E-state index in [0.717, 1.165) is 36.9 Å². The van der Waals surface area contributed by atoms with E-state index in [1.54, 1.807) is 23.6 Å². The zero-order valence-electron chi connectivity index (χ0n) is 15.2. The molecule has 1 amide bonds. The summed E-state index contributed by atoms with van der Waals surface area (Å²) in [5, 5.41) is 5.78. The molecule has 3 rings (SSSR count). The third-order valence-corrected chi connectivity index (χ3v) is 4.92. The molecule has 0 atom stereocenters. The van der Waals surface area contributed by atoms with Gasteiger partial charge in [-0.05, 0) is 18.6 Å². The molecule has 146 valence electrons. The van der Waals surface area contributed by atoms with Crippen LogP contribution in [0.2, 0.25) is 0 Å². The van der Waals surface area contributed by atoms with Gasteiger partial charge < -0.3 is 20.9 Å². The van der Waals surface area contributed by atoms with Crippen LogP contribution in [0.4, 0.5) is 10.9 Å². The molecular formula is C17H24IN7OS. The molecule has 1 saturated heterocycles. The lowest BCUT2D eigenvalue weighted by atomic mass is 10.3. The molecule has 1 aliphatic rings. The maximum absolute atomic E-state index is 11.9. The highest BCUT2D eigenvalue weighted by atomic mass is 127. The molecule has 1 fully saturated rings. The molecule has 0 bridgehead atoms. The van der Waals surface area contributed by atoms with Crippen LogP contribution in [-0.2, 0) is 4.79 Å². The summed E-state index contributed by atoms with van der Waals surface area (Å²) < 4.78 is 0. The van der Waals surface area contributed by atoms with Gasteiger partial charge in [0.05, 0.1) is 6.54 Å². The number of rotatable bonds is 5. The van der Waals surface area contributed by atoms with E-state index >= 15 is 0 Å². The third-order valence-electron chi connectivity index (χ3n) is 4.08. The van der Waals surface area contributed by atoms with E-state index < -0.39 is 0 Å². The molecule has 0 saturated carbocycles. The number of aromatic nitrogens is 2. The van der Waals surface area contributed by atoms with Gasteiger partial charge in [-0.1, -0.05) is 6.07 Å². The van der Waals surface area contributed by atoms with Gasteiger partial charge in [-0.3, -0.25) is 9.79 Å². The molecule has 8 nitrogen and oxygen atoms in total. The number of nitrogens with two attached hydrogens (primary N) is 1. The Morgan fingerprint density at radius 2 is 2.07 bits per heavy atom. The lowest BCUT2D eigenvalue weighted by molar-refractivity contribution is -0.116. The molecule has 0 unspecified atom stereocenters. The molecule has 0 radical (unpaired) electrons. The van der Waals surface area contributed by atoms with Crippen LogP contribution in [0.15, 0.2) is 34.9 Å². The van der Waals surface area contributed by atoms with Crippen LogP contribution in [0.1, 0.15) is 12.0 Å². The van der Waals surface area contributed by atoms with Crippen molar-refractivity contribution in [3.63, 3.8) is 0 Å². The summed E-state index contributed by atoms with van der Waals surface area (Å²) in [6.45, 7) is 5.64. The number of piperazine rings is 1. The highest BCUT2D eigenvalue weighted by Crippen LogP contribution is 2.18. The lowest BCUT2D eigenvalue weighted by Gasteiger charge is -2.35. The van der Waals surface area contributed by atoms with Crippen LogP contribution in [0.5, 0.6) is 0 Å². The molecule has 27 heavy (non-hydrogen) atoms. The second kappa shape index (κ2) is 10.4. The number of amides is 1. The van der Waals surface area contributed by atoms with Crippen molar-refractivity contribution in [1.29, 1.82) is 0 Å². The molecule has 1 aliphatic heterocycles. The van der Waals surface area contributed by atoms with Crippen molar-refractivity contribution in [3.05, 3.63) is 35.5 Å². The minimum atomic E-state index is -0.119. The Balaban J connectivity index is 0.00000261. The predicted octanol–water partition coefficient (Wildman–Crippen LogP) is 1.93. The van der Waals surface area contributed by atoms with Gasteiger partial charge in [0.2, 0.25) is 5.91 Å². The van der Waals surface area contributed by atoms with Gasteiger partial charge in [0.25, 0.3) is 0 Å². The number of carbonyl (C=O) groups excluding carboxylic acids is 1. The molecule has 0 aliphatic carbocycles. The number of hydrogen-bond acceptors (Lipinski definition) is 6. The molecule has 3 heterocycles. The van der Waals surface area contributed by atoms with Gasteiger partial charge in [0.1, 0.15) is 5.82 Å². The van der Waals surface area contributed by atoms with Crippen LogP contribution in [-0.4, -0.2) is 59.5 Å². The van der Waals surface area contributed by atoms with Crippen molar-refractivity contribution in [3.8, 4) is 0 Å². The summed E-state index contributed by atoms with van der Waals surface area (Å²) in [5.41, 5.74) is 7.12. The number of aryl methyl sites for hydroxylation is 1. The Morgan fingerprint density at radius 1 is 1.30 bits per heavy atom. The van der Waals surface area contributed by atoms with Crippen molar-refractivity contribution < 1.29 is 4.79 Å². The number of thiazole rings is 1. The number of pyridine rings is 1. The van der Waals surface area contributed by atoms with E-state index in [0.29, 0.717) is 18.3 Å². The molecule has 10 heteroatoms. The van der Waals surface area contributed by atoms with Crippen molar-refractivity contribution in [2.24, 2.45) is 10.7 Å². The average molecular weight is 501 g/mol. The number of halogens is 1. The number of guanidine groups is 1. The lowest BCUT2D eigenvalue weighted by Crippen LogP contribution is -2.51. The van der Waals surface area contributed by atoms with E-state index in [1.807, 2.05) is 29.5 Å². The molecule has 3 N–H and O–H groups in total. The van der Waals surface area contributed by atoms with Crippen LogP contribution in [0.25, 0.3) is 0 Å². The minimum absolute atomic E-state index is 0. The van der Waals surface area contributed by atoms with E-state index in [4.69, 9.17) is 5.73 Å². The van der Waals surface area contributed by atoms with Gasteiger partial charge in [-0.2, -0.15) is 0 Å². The van der Waals surface area contributed by atoms with Crippen LogP contribution in [0.3, 0.4) is 0 Å². The summed E-state index contributed by atoms with van der Waals surface area (Å²) in [6.07, 6.45) is 3.81. The number of nitrogens with zero attached hydrogens (tertiary/aromatic N) is 5. The molecule has 2 aromatic rings. The fraction of sp³-hybridized carbons (Fsp3) is 0.412. The first-order valence-electron chi connectivity index (χ1n) is 8.53. The van der Waals surface area contributed by atoms with Crippen LogP contribution in [0, 0.1) is 6.92 Å². The molecular weight excluding hydrogens is 477 g/mol. The Labute approximate surface area is 179 Å². The van der Waals surface area contributed by atoms with E-state index in [1.165, 1.54) is 0 Å². The number of nitrogens with one attached hydrogen (secondary N) is 1. The largest absolute Gasteiger partial charge is 0.370 e. The second-order valence-corrected chi connectivity index (χ2v) is 6.92. The average Bonchev–Trinajstić information content (AvgIpc) is 3.18. The number of carbonyl (C=O) groups is 1. The highest BCUT2D eigenvalue weighted by Gasteiger charge is 2.19. The summed E-state index contributed by atoms with van der Waals surface area (Å²) in [6, 6.07) is 3.69. The zero-order valence-corrected chi connectivity index (χ0v) is 18.3. The Hall–Kier alpha value is -1.95. The topological polar surface area (TPSA) is 99.7 Å². The van der Waals surface area contributed by atoms with Gasteiger partial charge >= 0.3 is 0 Å². The standard InChI is InChI=1S/C17H23N7OS.HI/c1-13-2-3-14(21-12-13)22-15(25)4-5-19-16(18)23-7-9-24(10-8-23)17-20-6-11-26-17;/h2-3,6,11-12H,4-5,7-10H2,1H3,(H2,18,19)(H,21,22,25);1H. The number of anilines is 2. The van der Waals surface area contributed by atoms with Crippen LogP contribution < -0.4 is 16.0 Å². The normalized spacial score (nSPS) is 14.6. The SMILES string of the molecule is Cc1ccc(NC(=O)CCN=C(N)N2CCN(c3nccs3)CC2)nc1.I. The van der Waals surface area contributed by atoms with Crippen LogP contribution >= 0.6 is 35.3 Å². The maximum Gasteiger partial charge on any atom is 0.227 e. The predicted molar refractivity (Wildman–Crippen MR) is 120 cm³/mol. The summed E-state index contributed by atoms with van der Waals surface area (Å²) in [7, 11) is 0. The first kappa shape index (κ1) is 21.4. The Kier molecular flexibility index (Phi) is 8.23. The fourth-order valence-electron chi connectivity index (χ4n) is 2.62. The molecule has 0 spiro atoms. The third kappa shape index (κ3) is 6.31. The van der Waals surface area contributed by atoms with Crippen molar-refractivity contribution in [2.75, 3.05) is 42.9 Å². The minimum Gasteiger partial charge on any atom is -0.370 e. The summed E-state index contributed by atoms with van der Waals surface area (Å²) in [4.78, 5) is 29.1. The monoisotopic (exact) mass is 501 g/mol. The van der Waals surface area contributed by atoms with Gasteiger partial charge in [0.15, 0.2) is 11.1 Å². The second-order valence-electron chi connectivity index (χ2n) is 6.05. The van der Waals surface area contributed by atoms with Crippen molar-refractivity contribution in [1.82, 2.24) is 14.9 Å². The van der Waals surface area contributed by atoms with Crippen molar-refractivity contribution >= 4 is 58.1 Å². The first-order valence-corrected chi connectivity index (χ1v) is 9.41. The Bertz CT molecular complexity index is 743. The van der Waals surface area contributed by atoms with E-state index in [2.05, 4.69) is 25.2 Å². The number of hydrogen-bond donors (Lipinski definition) is 2. The summed E-state index contributed by atoms with van der Waals surface area (Å²) >= 11 is 1.64. The number of aliphatic imine (C=N–C) groups is 1. The van der Waals surface area contributed by atoms with Crippen molar-refractivity contribution in [2.45, 2.75) is 13.3 Å². The maximum atomic E-state index is 11.9. The Morgan fingerprint density at radius 3 is 2.70 bits per heavy atom. The fourth-order valence-corrected chi connectivity index (χ4v) is 3.31. The van der Waals surface area contributed by atoms with Gasteiger partial charge in [0, 0.05) is 50.4 Å². The van der Waals surface area contributed by atoms with Gasteiger partial charge in [-0.15, -0.1) is 35.3 Å². The zero-order chi connectivity index (χ0) is 18.4. The quantitative estimate of drug-likeness (QED) is 0.369. The smallest absolute Gasteiger partial charge is 0.227 e. The van der Waals surface area contributed by atoms with E-state index in [9.17, 15) is 4.79 Å². The molecule has 0 aromatic carbocycles. The van der Waals surface area contributed by atoms with Gasteiger partial charge in [-0.25, -0.2) is 9.97 Å². The highest BCUT2D eigenvalue weighted by molar-refractivity contribution is 14.0.